The lowest BCUT2D eigenvalue weighted by Gasteiger charge is -2.09. The van der Waals surface area contributed by atoms with Gasteiger partial charge in [0.25, 0.3) is 0 Å². The Labute approximate surface area is 113 Å². The third-order valence-corrected chi connectivity index (χ3v) is 3.80. The van der Waals surface area contributed by atoms with Crippen LogP contribution in [0.25, 0.3) is 0 Å². The van der Waals surface area contributed by atoms with E-state index in [1.54, 1.807) is 13.8 Å². The molecule has 0 aliphatic heterocycles. The van der Waals surface area contributed by atoms with Gasteiger partial charge in [-0.05, 0) is 38.0 Å². The zero-order valence-corrected chi connectivity index (χ0v) is 11.9. The Morgan fingerprint density at radius 2 is 2.06 bits per heavy atom. The van der Waals surface area contributed by atoms with Crippen LogP contribution in [0, 0.1) is 12.7 Å². The maximum Gasteiger partial charge on any atom is 0.240 e. The summed E-state index contributed by atoms with van der Waals surface area (Å²) < 4.78 is 39.1. The molecule has 0 bridgehead atoms. The van der Waals surface area contributed by atoms with Crippen molar-refractivity contribution in [3.8, 4) is 0 Å². The summed E-state index contributed by atoms with van der Waals surface area (Å²) in [5.41, 5.74) is 5.93. The fraction of sp³-hybridized carbons (Fsp3) is 0.455. The molecule has 0 saturated heterocycles. The molecule has 1 atom stereocenters. The van der Waals surface area contributed by atoms with Crippen molar-refractivity contribution in [2.45, 2.75) is 31.2 Å². The predicted octanol–water partition coefficient (Wildman–Crippen LogP) is 1.57. The molecule has 0 amide bonds. The van der Waals surface area contributed by atoms with E-state index >= 15 is 0 Å². The first-order valence-corrected chi connectivity index (χ1v) is 6.82. The van der Waals surface area contributed by atoms with Crippen LogP contribution in [0.1, 0.15) is 18.9 Å². The molecule has 1 aromatic rings. The quantitative estimate of drug-likeness (QED) is 0.866. The Balaban J connectivity index is 0.00000289. The third-order valence-electron chi connectivity index (χ3n) is 2.35. The van der Waals surface area contributed by atoms with Gasteiger partial charge in [0.1, 0.15) is 5.82 Å². The topological polar surface area (TPSA) is 72.2 Å². The SMILES string of the molecule is Cc1ccc(S(=O)(=O)NCCC(C)N)cc1F.Cl. The average Bonchev–Trinajstić information content (AvgIpc) is 2.21. The summed E-state index contributed by atoms with van der Waals surface area (Å²) in [6.07, 6.45) is 0.535. The molecule has 4 nitrogen and oxygen atoms in total. The second-order valence-electron chi connectivity index (χ2n) is 4.07. The Hall–Kier alpha value is -0.690. The first-order valence-electron chi connectivity index (χ1n) is 5.34. The maximum atomic E-state index is 13.2. The van der Waals surface area contributed by atoms with Gasteiger partial charge in [0, 0.05) is 12.6 Å². The summed E-state index contributed by atoms with van der Waals surface area (Å²) in [7, 11) is -3.64. The smallest absolute Gasteiger partial charge is 0.240 e. The van der Waals surface area contributed by atoms with Crippen LogP contribution in [0.4, 0.5) is 4.39 Å². The number of nitrogens with one attached hydrogen (secondary N) is 1. The van der Waals surface area contributed by atoms with E-state index in [9.17, 15) is 12.8 Å². The number of halogens is 2. The summed E-state index contributed by atoms with van der Waals surface area (Å²) in [6.45, 7) is 3.62. The van der Waals surface area contributed by atoms with Crippen molar-refractivity contribution in [1.82, 2.24) is 4.72 Å². The predicted molar refractivity (Wildman–Crippen MR) is 71.8 cm³/mol. The minimum Gasteiger partial charge on any atom is -0.328 e. The molecular formula is C11H18ClFN2O2S. The van der Waals surface area contributed by atoms with E-state index in [1.165, 1.54) is 12.1 Å². The van der Waals surface area contributed by atoms with Gasteiger partial charge >= 0.3 is 0 Å². The molecular weight excluding hydrogens is 279 g/mol. The molecule has 0 aromatic heterocycles. The highest BCUT2D eigenvalue weighted by Crippen LogP contribution is 2.13. The molecule has 0 heterocycles. The summed E-state index contributed by atoms with van der Waals surface area (Å²) in [5.74, 6) is -0.528. The molecule has 18 heavy (non-hydrogen) atoms. The van der Waals surface area contributed by atoms with Crippen LogP contribution in [-0.2, 0) is 10.0 Å². The largest absolute Gasteiger partial charge is 0.328 e. The zero-order valence-electron chi connectivity index (χ0n) is 10.3. The summed E-state index contributed by atoms with van der Waals surface area (Å²) in [5, 5.41) is 0. The Kier molecular flexibility index (Phi) is 6.77. The third kappa shape index (κ3) is 4.89. The van der Waals surface area contributed by atoms with Gasteiger partial charge in [-0.3, -0.25) is 0 Å². The lowest BCUT2D eigenvalue weighted by Crippen LogP contribution is -2.29. The van der Waals surface area contributed by atoms with Crippen molar-refractivity contribution in [3.05, 3.63) is 29.6 Å². The highest BCUT2D eigenvalue weighted by atomic mass is 35.5. The number of sulfonamides is 1. The molecule has 1 rings (SSSR count). The zero-order chi connectivity index (χ0) is 13.1. The lowest BCUT2D eigenvalue weighted by molar-refractivity contribution is 0.568. The highest BCUT2D eigenvalue weighted by Gasteiger charge is 2.14. The van der Waals surface area contributed by atoms with Gasteiger partial charge in [0.05, 0.1) is 4.90 Å². The number of aryl methyl sites for hydroxylation is 1. The van der Waals surface area contributed by atoms with Gasteiger partial charge in [-0.25, -0.2) is 17.5 Å². The van der Waals surface area contributed by atoms with Crippen molar-refractivity contribution in [3.63, 3.8) is 0 Å². The van der Waals surface area contributed by atoms with E-state index in [4.69, 9.17) is 5.73 Å². The van der Waals surface area contributed by atoms with Crippen molar-refractivity contribution in [2.75, 3.05) is 6.54 Å². The molecule has 0 radical (unpaired) electrons. The Morgan fingerprint density at radius 1 is 1.44 bits per heavy atom. The number of nitrogens with two attached hydrogens (primary N) is 1. The fourth-order valence-corrected chi connectivity index (χ4v) is 2.30. The van der Waals surface area contributed by atoms with E-state index in [2.05, 4.69) is 4.72 Å². The number of rotatable bonds is 5. The lowest BCUT2D eigenvalue weighted by atomic mass is 10.2. The standard InChI is InChI=1S/C11H17FN2O2S.ClH/c1-8-3-4-10(7-11(8)12)17(15,16)14-6-5-9(2)13;/h3-4,7,9,14H,5-6,13H2,1-2H3;1H. The van der Waals surface area contributed by atoms with Gasteiger partial charge in [0.2, 0.25) is 10.0 Å². The van der Waals surface area contributed by atoms with Crippen LogP contribution in [-0.4, -0.2) is 21.0 Å². The van der Waals surface area contributed by atoms with Crippen LogP contribution in [0.3, 0.4) is 0 Å². The summed E-state index contributed by atoms with van der Waals surface area (Å²) in [4.78, 5) is -0.0646. The number of hydrogen-bond acceptors (Lipinski definition) is 3. The van der Waals surface area contributed by atoms with Crippen LogP contribution >= 0.6 is 12.4 Å². The Morgan fingerprint density at radius 3 is 2.56 bits per heavy atom. The van der Waals surface area contributed by atoms with Crippen molar-refractivity contribution >= 4 is 22.4 Å². The summed E-state index contributed by atoms with van der Waals surface area (Å²) >= 11 is 0. The molecule has 1 aromatic carbocycles. The highest BCUT2D eigenvalue weighted by molar-refractivity contribution is 7.89. The van der Waals surface area contributed by atoms with Crippen LogP contribution in [0.5, 0.6) is 0 Å². The average molecular weight is 297 g/mol. The van der Waals surface area contributed by atoms with E-state index in [-0.39, 0.29) is 29.9 Å². The molecule has 0 spiro atoms. The first kappa shape index (κ1) is 17.3. The molecule has 3 N–H and O–H groups in total. The minimum absolute atomic E-state index is 0. The van der Waals surface area contributed by atoms with Crippen molar-refractivity contribution in [2.24, 2.45) is 5.73 Å². The first-order chi connectivity index (χ1) is 7.83. The van der Waals surface area contributed by atoms with Gasteiger partial charge in [-0.2, -0.15) is 0 Å². The fourth-order valence-electron chi connectivity index (χ4n) is 1.25. The van der Waals surface area contributed by atoms with Gasteiger partial charge in [-0.1, -0.05) is 6.07 Å². The van der Waals surface area contributed by atoms with Crippen molar-refractivity contribution < 1.29 is 12.8 Å². The molecule has 104 valence electrons. The number of hydrogen-bond donors (Lipinski definition) is 2. The van der Waals surface area contributed by atoms with E-state index < -0.39 is 15.8 Å². The van der Waals surface area contributed by atoms with Crippen LogP contribution in [0.2, 0.25) is 0 Å². The Bertz CT molecular complexity index is 492. The van der Waals surface area contributed by atoms with Crippen molar-refractivity contribution in [1.29, 1.82) is 0 Å². The monoisotopic (exact) mass is 296 g/mol. The minimum atomic E-state index is -3.64. The molecule has 7 heteroatoms. The van der Waals surface area contributed by atoms with Gasteiger partial charge in [0.15, 0.2) is 0 Å². The maximum absolute atomic E-state index is 13.2. The van der Waals surface area contributed by atoms with Crippen LogP contribution in [0.15, 0.2) is 23.1 Å². The van der Waals surface area contributed by atoms with Gasteiger partial charge < -0.3 is 5.73 Å². The molecule has 0 aliphatic carbocycles. The second kappa shape index (κ2) is 7.04. The van der Waals surface area contributed by atoms with E-state index in [0.29, 0.717) is 12.0 Å². The second-order valence-corrected chi connectivity index (χ2v) is 5.84. The van der Waals surface area contributed by atoms with Crippen LogP contribution < -0.4 is 10.5 Å². The molecule has 0 aliphatic rings. The normalized spacial score (nSPS) is 12.9. The van der Waals surface area contributed by atoms with E-state index in [1.807, 2.05) is 0 Å². The summed E-state index contributed by atoms with van der Waals surface area (Å²) in [6, 6.07) is 3.76. The number of benzene rings is 1. The van der Waals surface area contributed by atoms with E-state index in [0.717, 1.165) is 6.07 Å². The molecule has 0 fully saturated rings. The molecule has 1 unspecified atom stereocenters. The molecule has 0 saturated carbocycles. The van der Waals surface area contributed by atoms with Gasteiger partial charge in [-0.15, -0.1) is 12.4 Å².